The summed E-state index contributed by atoms with van der Waals surface area (Å²) in [6.07, 6.45) is 1.37. The predicted octanol–water partition coefficient (Wildman–Crippen LogP) is 3.34. The van der Waals surface area contributed by atoms with Gasteiger partial charge in [-0.05, 0) is 48.5 Å². The number of carbonyl (C=O) groups is 3. The maximum Gasteiger partial charge on any atom is 0.340 e. The fourth-order valence-corrected chi connectivity index (χ4v) is 2.44. The van der Waals surface area contributed by atoms with E-state index in [0.717, 1.165) is 0 Å². The molecule has 0 radical (unpaired) electrons. The number of esters is 1. The number of amides is 2. The molecule has 0 saturated heterocycles. The number of nitrogens with one attached hydrogen (secondary N) is 2. The molecule has 8 nitrogen and oxygen atoms in total. The van der Waals surface area contributed by atoms with Gasteiger partial charge in [-0.25, -0.2) is 4.79 Å². The van der Waals surface area contributed by atoms with Gasteiger partial charge in [0.05, 0.1) is 24.6 Å². The molecule has 0 aliphatic heterocycles. The molecule has 148 valence electrons. The van der Waals surface area contributed by atoms with Crippen molar-refractivity contribution in [3.63, 3.8) is 0 Å². The van der Waals surface area contributed by atoms with Crippen molar-refractivity contribution < 1.29 is 28.3 Å². The molecule has 0 spiro atoms. The van der Waals surface area contributed by atoms with Crippen molar-refractivity contribution >= 4 is 29.2 Å². The molecule has 3 rings (SSSR count). The number of hydrogen-bond acceptors (Lipinski definition) is 6. The van der Waals surface area contributed by atoms with Crippen LogP contribution in [0.2, 0.25) is 0 Å². The topological polar surface area (TPSA) is 107 Å². The number of hydrogen-bond donors (Lipinski definition) is 2. The van der Waals surface area contributed by atoms with Crippen LogP contribution in [0.5, 0.6) is 5.75 Å². The molecule has 8 heteroatoms. The van der Waals surface area contributed by atoms with E-state index in [9.17, 15) is 14.4 Å². The van der Waals surface area contributed by atoms with E-state index in [-0.39, 0.29) is 17.0 Å². The van der Waals surface area contributed by atoms with Gasteiger partial charge in [-0.1, -0.05) is 12.1 Å². The van der Waals surface area contributed by atoms with Crippen LogP contribution in [0.25, 0.3) is 0 Å². The monoisotopic (exact) mass is 394 g/mol. The lowest BCUT2D eigenvalue weighted by molar-refractivity contribution is -0.119. The Labute approximate surface area is 166 Å². The molecule has 0 saturated carbocycles. The van der Waals surface area contributed by atoms with Crippen molar-refractivity contribution in [1.29, 1.82) is 0 Å². The van der Waals surface area contributed by atoms with Crippen LogP contribution in [0.15, 0.2) is 71.3 Å². The molecule has 2 aromatic carbocycles. The first-order chi connectivity index (χ1) is 14.1. The molecule has 0 aliphatic carbocycles. The van der Waals surface area contributed by atoms with Crippen molar-refractivity contribution in [3.05, 3.63) is 78.3 Å². The Kier molecular flexibility index (Phi) is 6.26. The molecule has 1 aromatic heterocycles. The highest BCUT2D eigenvalue weighted by Gasteiger charge is 2.17. The smallest absolute Gasteiger partial charge is 0.340 e. The van der Waals surface area contributed by atoms with Crippen molar-refractivity contribution in [1.82, 2.24) is 0 Å². The van der Waals surface area contributed by atoms with Gasteiger partial charge in [0, 0.05) is 5.69 Å². The molecule has 1 heterocycles. The summed E-state index contributed by atoms with van der Waals surface area (Å²) >= 11 is 0. The van der Waals surface area contributed by atoms with E-state index in [0.29, 0.717) is 11.4 Å². The molecule has 0 unspecified atom stereocenters. The Hall–Kier alpha value is -4.07. The van der Waals surface area contributed by atoms with E-state index >= 15 is 0 Å². The summed E-state index contributed by atoms with van der Waals surface area (Å²) < 4.78 is 15.1. The Balaban J connectivity index is 1.58. The molecule has 2 N–H and O–H groups in total. The van der Waals surface area contributed by atoms with Crippen molar-refractivity contribution in [2.75, 3.05) is 24.4 Å². The minimum Gasteiger partial charge on any atom is -0.497 e. The second-order valence-corrected chi connectivity index (χ2v) is 5.83. The molecule has 0 bridgehead atoms. The zero-order chi connectivity index (χ0) is 20.6. The number of carbonyl (C=O) groups excluding carboxylic acids is 3. The molecule has 29 heavy (non-hydrogen) atoms. The number of methoxy groups -OCH3 is 1. The maximum atomic E-state index is 12.4. The third-order valence-corrected chi connectivity index (χ3v) is 3.85. The van der Waals surface area contributed by atoms with Crippen LogP contribution < -0.4 is 15.4 Å². The fourth-order valence-electron chi connectivity index (χ4n) is 2.44. The second-order valence-electron chi connectivity index (χ2n) is 5.83. The Morgan fingerprint density at radius 3 is 2.38 bits per heavy atom. The lowest BCUT2D eigenvalue weighted by atomic mass is 10.1. The van der Waals surface area contributed by atoms with Gasteiger partial charge in [0.2, 0.25) is 0 Å². The van der Waals surface area contributed by atoms with Crippen molar-refractivity contribution in [2.45, 2.75) is 0 Å². The molecule has 0 atom stereocenters. The predicted molar refractivity (Wildman–Crippen MR) is 105 cm³/mol. The van der Waals surface area contributed by atoms with E-state index in [1.165, 1.54) is 18.4 Å². The Morgan fingerprint density at radius 1 is 0.931 bits per heavy atom. The van der Waals surface area contributed by atoms with E-state index in [4.69, 9.17) is 13.9 Å². The van der Waals surface area contributed by atoms with Gasteiger partial charge < -0.3 is 24.5 Å². The minimum atomic E-state index is -0.745. The summed E-state index contributed by atoms with van der Waals surface area (Å²) in [5, 5.41) is 5.20. The molecule has 0 fully saturated rings. The zero-order valence-electron chi connectivity index (χ0n) is 15.5. The van der Waals surface area contributed by atoms with E-state index in [1.807, 2.05) is 0 Å². The van der Waals surface area contributed by atoms with Crippen LogP contribution in [0.3, 0.4) is 0 Å². The number of rotatable bonds is 7. The number of para-hydroxylation sites is 1. The number of benzene rings is 2. The van der Waals surface area contributed by atoms with E-state index < -0.39 is 24.4 Å². The summed E-state index contributed by atoms with van der Waals surface area (Å²) in [5.41, 5.74) is 0.900. The number of furan rings is 1. The van der Waals surface area contributed by atoms with Crippen LogP contribution in [-0.2, 0) is 9.53 Å². The average molecular weight is 394 g/mol. The van der Waals surface area contributed by atoms with Gasteiger partial charge in [-0.15, -0.1) is 0 Å². The van der Waals surface area contributed by atoms with E-state index in [2.05, 4.69) is 10.6 Å². The Morgan fingerprint density at radius 2 is 1.69 bits per heavy atom. The van der Waals surface area contributed by atoms with Crippen LogP contribution >= 0.6 is 0 Å². The maximum absolute atomic E-state index is 12.4. The first kappa shape index (κ1) is 19.7. The highest BCUT2D eigenvalue weighted by molar-refractivity contribution is 6.07. The van der Waals surface area contributed by atoms with Gasteiger partial charge in [-0.2, -0.15) is 0 Å². The number of ether oxygens (including phenoxy) is 2. The Bertz CT molecular complexity index is 996. The lowest BCUT2D eigenvalue weighted by Gasteiger charge is -2.10. The van der Waals surface area contributed by atoms with Gasteiger partial charge in [-0.3, -0.25) is 9.59 Å². The lowest BCUT2D eigenvalue weighted by Crippen LogP contribution is -2.22. The summed E-state index contributed by atoms with van der Waals surface area (Å²) in [6.45, 7) is -0.481. The first-order valence-electron chi connectivity index (χ1n) is 8.61. The van der Waals surface area contributed by atoms with Crippen LogP contribution in [-0.4, -0.2) is 31.5 Å². The van der Waals surface area contributed by atoms with E-state index in [1.54, 1.807) is 55.6 Å². The molecular formula is C21H18N2O6. The summed E-state index contributed by atoms with van der Waals surface area (Å²) in [5.74, 6) is -0.993. The van der Waals surface area contributed by atoms with Gasteiger partial charge in [0.1, 0.15) is 5.75 Å². The number of anilines is 2. The highest BCUT2D eigenvalue weighted by Crippen LogP contribution is 2.18. The van der Waals surface area contributed by atoms with Gasteiger partial charge >= 0.3 is 5.97 Å². The summed E-state index contributed by atoms with van der Waals surface area (Å²) in [7, 11) is 1.54. The van der Waals surface area contributed by atoms with Crippen molar-refractivity contribution in [2.24, 2.45) is 0 Å². The second kappa shape index (κ2) is 9.23. The van der Waals surface area contributed by atoms with Crippen molar-refractivity contribution in [3.8, 4) is 5.75 Å². The van der Waals surface area contributed by atoms with Crippen LogP contribution in [0.4, 0.5) is 11.4 Å². The normalized spacial score (nSPS) is 10.1. The standard InChI is InChI=1S/C21H18N2O6/c1-27-15-10-8-14(9-11-15)22-19(24)13-29-21(26)16-5-2-3-6-17(16)23-20(25)18-7-4-12-28-18/h2-12H,13H2,1H3,(H,22,24)(H,23,25). The molecule has 3 aromatic rings. The summed E-state index contributed by atoms with van der Waals surface area (Å²) in [4.78, 5) is 36.5. The zero-order valence-corrected chi connectivity index (χ0v) is 15.5. The minimum absolute atomic E-state index is 0.104. The molecule has 0 aliphatic rings. The van der Waals surface area contributed by atoms with Gasteiger partial charge in [0.15, 0.2) is 12.4 Å². The molecular weight excluding hydrogens is 376 g/mol. The third kappa shape index (κ3) is 5.23. The van der Waals surface area contributed by atoms with Gasteiger partial charge in [0.25, 0.3) is 11.8 Å². The fraction of sp³-hybridized carbons (Fsp3) is 0.0952. The molecule has 2 amide bonds. The van der Waals surface area contributed by atoms with Crippen LogP contribution in [0.1, 0.15) is 20.9 Å². The summed E-state index contributed by atoms with van der Waals surface area (Å²) in [6, 6.07) is 16.1. The SMILES string of the molecule is COc1ccc(NC(=O)COC(=O)c2ccccc2NC(=O)c2ccco2)cc1. The highest BCUT2D eigenvalue weighted by atomic mass is 16.5. The van der Waals surface area contributed by atoms with Crippen LogP contribution in [0, 0.1) is 0 Å². The largest absolute Gasteiger partial charge is 0.497 e. The average Bonchev–Trinajstić information content (AvgIpc) is 3.28. The third-order valence-electron chi connectivity index (χ3n) is 3.85. The quantitative estimate of drug-likeness (QED) is 0.595. The first-order valence-corrected chi connectivity index (χ1v) is 8.61.